The minimum absolute atomic E-state index is 0.0191. The van der Waals surface area contributed by atoms with Crippen molar-refractivity contribution in [2.45, 2.75) is 32.9 Å². The molecule has 2 aliphatic rings. The van der Waals surface area contributed by atoms with E-state index >= 15 is 0 Å². The van der Waals surface area contributed by atoms with Gasteiger partial charge in [0, 0.05) is 51.1 Å². The third-order valence-corrected chi connectivity index (χ3v) is 6.00. The fraction of sp³-hybridized carbons (Fsp3) is 0.400. The molecular formula is C25H29N3O4. The number of hydrogen-bond donors (Lipinski definition) is 0. The Morgan fingerprint density at radius 1 is 0.812 bits per heavy atom. The Balaban J connectivity index is 1.27. The van der Waals surface area contributed by atoms with Gasteiger partial charge >= 0.3 is 0 Å². The number of hydrogen-bond acceptors (Lipinski definition) is 5. The Hall–Kier alpha value is -3.19. The molecule has 4 rings (SSSR count). The van der Waals surface area contributed by atoms with Crippen LogP contribution in [0.5, 0.6) is 5.75 Å². The zero-order chi connectivity index (χ0) is 22.5. The fourth-order valence-electron chi connectivity index (χ4n) is 4.14. The fourth-order valence-corrected chi connectivity index (χ4v) is 4.14. The number of ether oxygens (including phenoxy) is 1. The molecular weight excluding hydrogens is 406 g/mol. The van der Waals surface area contributed by atoms with Crippen molar-refractivity contribution in [2.75, 3.05) is 32.8 Å². The lowest BCUT2D eigenvalue weighted by Crippen LogP contribution is -2.48. The first-order valence-corrected chi connectivity index (χ1v) is 11.2. The number of piperazine rings is 1. The molecule has 0 aliphatic carbocycles. The highest BCUT2D eigenvalue weighted by atomic mass is 16.5. The minimum Gasteiger partial charge on any atom is -0.494 e. The largest absolute Gasteiger partial charge is 0.494 e. The molecule has 0 atom stereocenters. The SMILES string of the molecule is CCOc1ccc(CN2CCN(C(=O)c3ccc(CN4C(=O)CCC4=O)cc3)CC2)cc1. The number of nitrogens with zero attached hydrogens (tertiary/aromatic N) is 3. The van der Waals surface area contributed by atoms with Crippen molar-refractivity contribution in [1.82, 2.24) is 14.7 Å². The van der Waals surface area contributed by atoms with Crippen molar-refractivity contribution in [1.29, 1.82) is 0 Å². The highest BCUT2D eigenvalue weighted by molar-refractivity contribution is 6.01. The highest BCUT2D eigenvalue weighted by Crippen LogP contribution is 2.18. The van der Waals surface area contributed by atoms with E-state index in [2.05, 4.69) is 17.0 Å². The lowest BCUT2D eigenvalue weighted by Gasteiger charge is -2.34. The molecule has 0 aromatic heterocycles. The van der Waals surface area contributed by atoms with Crippen molar-refractivity contribution >= 4 is 17.7 Å². The number of carbonyl (C=O) groups is 3. The summed E-state index contributed by atoms with van der Waals surface area (Å²) in [6, 6.07) is 15.4. The summed E-state index contributed by atoms with van der Waals surface area (Å²) < 4.78 is 5.49. The molecule has 0 N–H and O–H groups in total. The van der Waals surface area contributed by atoms with Crippen molar-refractivity contribution in [3.63, 3.8) is 0 Å². The van der Waals surface area contributed by atoms with Gasteiger partial charge in [0.05, 0.1) is 13.2 Å². The first-order valence-electron chi connectivity index (χ1n) is 11.2. The smallest absolute Gasteiger partial charge is 0.253 e. The van der Waals surface area contributed by atoms with E-state index in [1.165, 1.54) is 10.5 Å². The van der Waals surface area contributed by atoms with Gasteiger partial charge in [-0.15, -0.1) is 0 Å². The summed E-state index contributed by atoms with van der Waals surface area (Å²) in [4.78, 5) is 42.0. The van der Waals surface area contributed by atoms with Crippen LogP contribution >= 0.6 is 0 Å². The quantitative estimate of drug-likeness (QED) is 0.626. The Bertz CT molecular complexity index is 948. The summed E-state index contributed by atoms with van der Waals surface area (Å²) in [5.41, 5.74) is 2.72. The van der Waals surface area contributed by atoms with Gasteiger partial charge in [-0.2, -0.15) is 0 Å². The molecule has 0 radical (unpaired) electrons. The summed E-state index contributed by atoms with van der Waals surface area (Å²) in [6.07, 6.45) is 0.583. The molecule has 0 saturated carbocycles. The van der Waals surface area contributed by atoms with Gasteiger partial charge in [0.1, 0.15) is 5.75 Å². The van der Waals surface area contributed by atoms with Crippen molar-refractivity contribution < 1.29 is 19.1 Å². The van der Waals surface area contributed by atoms with Crippen LogP contribution in [0.15, 0.2) is 48.5 Å². The maximum Gasteiger partial charge on any atom is 0.253 e. The molecule has 2 aromatic carbocycles. The lowest BCUT2D eigenvalue weighted by molar-refractivity contribution is -0.139. The Morgan fingerprint density at radius 3 is 1.97 bits per heavy atom. The van der Waals surface area contributed by atoms with Crippen molar-refractivity contribution in [3.8, 4) is 5.75 Å². The first-order chi connectivity index (χ1) is 15.5. The van der Waals surface area contributed by atoms with E-state index in [9.17, 15) is 14.4 Å². The third-order valence-electron chi connectivity index (χ3n) is 6.00. The van der Waals surface area contributed by atoms with E-state index in [1.807, 2.05) is 36.1 Å². The van der Waals surface area contributed by atoms with Crippen LogP contribution in [0, 0.1) is 0 Å². The van der Waals surface area contributed by atoms with E-state index in [-0.39, 0.29) is 24.3 Å². The van der Waals surface area contributed by atoms with Crippen LogP contribution in [-0.4, -0.2) is 65.2 Å². The second-order valence-electron chi connectivity index (χ2n) is 8.22. The molecule has 0 spiro atoms. The number of carbonyl (C=O) groups excluding carboxylic acids is 3. The average Bonchev–Trinajstić information content (AvgIpc) is 3.13. The van der Waals surface area contributed by atoms with Crippen LogP contribution in [0.1, 0.15) is 41.3 Å². The number of rotatable bonds is 7. The van der Waals surface area contributed by atoms with E-state index in [0.29, 0.717) is 38.1 Å². The second kappa shape index (κ2) is 9.96. The van der Waals surface area contributed by atoms with Crippen LogP contribution in [0.3, 0.4) is 0 Å². The Kier molecular flexibility index (Phi) is 6.85. The topological polar surface area (TPSA) is 70.2 Å². The maximum atomic E-state index is 12.9. The molecule has 7 nitrogen and oxygen atoms in total. The summed E-state index contributed by atoms with van der Waals surface area (Å²) >= 11 is 0. The van der Waals surface area contributed by atoms with Crippen LogP contribution in [0.25, 0.3) is 0 Å². The number of imide groups is 1. The van der Waals surface area contributed by atoms with Crippen LogP contribution in [0.4, 0.5) is 0 Å². The molecule has 2 saturated heterocycles. The van der Waals surface area contributed by atoms with Crippen LogP contribution < -0.4 is 4.74 Å². The molecule has 0 unspecified atom stereocenters. The van der Waals surface area contributed by atoms with Gasteiger partial charge in [0.2, 0.25) is 11.8 Å². The van der Waals surface area contributed by atoms with Gasteiger partial charge in [-0.1, -0.05) is 24.3 Å². The average molecular weight is 436 g/mol. The van der Waals surface area contributed by atoms with Gasteiger partial charge < -0.3 is 9.64 Å². The zero-order valence-corrected chi connectivity index (χ0v) is 18.5. The number of benzene rings is 2. The zero-order valence-electron chi connectivity index (χ0n) is 18.5. The number of amides is 3. The second-order valence-corrected chi connectivity index (χ2v) is 8.22. The predicted octanol–water partition coefficient (Wildman–Crippen LogP) is 2.69. The van der Waals surface area contributed by atoms with Crippen LogP contribution in [0.2, 0.25) is 0 Å². The van der Waals surface area contributed by atoms with Gasteiger partial charge in [-0.05, 0) is 42.3 Å². The van der Waals surface area contributed by atoms with Gasteiger partial charge in [0.25, 0.3) is 5.91 Å². The minimum atomic E-state index is -0.127. The highest BCUT2D eigenvalue weighted by Gasteiger charge is 2.29. The van der Waals surface area contributed by atoms with Crippen molar-refractivity contribution in [3.05, 3.63) is 65.2 Å². The molecule has 2 heterocycles. The molecule has 0 bridgehead atoms. The lowest BCUT2D eigenvalue weighted by atomic mass is 10.1. The third kappa shape index (κ3) is 5.16. The molecule has 7 heteroatoms. The summed E-state index contributed by atoms with van der Waals surface area (Å²) in [5, 5.41) is 0. The van der Waals surface area contributed by atoms with E-state index in [1.54, 1.807) is 12.1 Å². The number of likely N-dealkylation sites (tertiary alicyclic amines) is 1. The van der Waals surface area contributed by atoms with E-state index < -0.39 is 0 Å². The van der Waals surface area contributed by atoms with E-state index in [0.717, 1.165) is 30.9 Å². The molecule has 32 heavy (non-hydrogen) atoms. The maximum absolute atomic E-state index is 12.9. The van der Waals surface area contributed by atoms with Gasteiger partial charge in [-0.3, -0.25) is 24.2 Å². The molecule has 2 fully saturated rings. The molecule has 2 aromatic rings. The Labute approximate surface area is 188 Å². The molecule has 168 valence electrons. The van der Waals surface area contributed by atoms with Crippen LogP contribution in [-0.2, 0) is 22.7 Å². The predicted molar refractivity (Wildman–Crippen MR) is 120 cm³/mol. The molecule has 2 aliphatic heterocycles. The van der Waals surface area contributed by atoms with Crippen molar-refractivity contribution in [2.24, 2.45) is 0 Å². The Morgan fingerprint density at radius 2 is 1.38 bits per heavy atom. The summed E-state index contributed by atoms with van der Waals surface area (Å²) in [5.74, 6) is 0.651. The van der Waals surface area contributed by atoms with E-state index in [4.69, 9.17) is 4.74 Å². The first kappa shape index (κ1) is 22.0. The summed E-state index contributed by atoms with van der Waals surface area (Å²) in [6.45, 7) is 6.81. The normalized spacial score (nSPS) is 17.2. The van der Waals surface area contributed by atoms with Gasteiger partial charge in [0.15, 0.2) is 0 Å². The standard InChI is InChI=1S/C25H29N3O4/c1-2-32-22-9-5-19(6-10-22)17-26-13-15-27(16-14-26)25(31)21-7-3-20(4-8-21)18-28-23(29)11-12-24(28)30/h3-10H,2,11-18H2,1H3. The molecule has 3 amide bonds. The monoisotopic (exact) mass is 435 g/mol. The van der Waals surface area contributed by atoms with Gasteiger partial charge in [-0.25, -0.2) is 0 Å². The summed E-state index contributed by atoms with van der Waals surface area (Å²) in [7, 11) is 0.